The summed E-state index contributed by atoms with van der Waals surface area (Å²) in [5.74, 6) is 0.0424. The minimum absolute atomic E-state index is 0.0424. The molecule has 1 saturated heterocycles. The number of morpholine rings is 1. The Morgan fingerprint density at radius 1 is 1.40 bits per heavy atom. The highest BCUT2D eigenvalue weighted by Gasteiger charge is 2.27. The number of halogens is 2. The Morgan fingerprint density at radius 2 is 2.10 bits per heavy atom. The highest BCUT2D eigenvalue weighted by Crippen LogP contribution is 2.25. The van der Waals surface area contributed by atoms with Gasteiger partial charge >= 0.3 is 0 Å². The van der Waals surface area contributed by atoms with Gasteiger partial charge in [0.15, 0.2) is 5.78 Å². The Hall–Kier alpha value is -0.610. The summed E-state index contributed by atoms with van der Waals surface area (Å²) < 4.78 is 5.59. The number of ketones is 1. The molecule has 1 unspecified atom stereocenters. The van der Waals surface area contributed by atoms with Gasteiger partial charge in [-0.25, -0.2) is 0 Å². The molecule has 1 aliphatic heterocycles. The Morgan fingerprint density at radius 3 is 2.75 bits per heavy atom. The average Bonchev–Trinajstić information content (AvgIpc) is 2.43. The van der Waals surface area contributed by atoms with Crippen molar-refractivity contribution in [2.24, 2.45) is 0 Å². The summed E-state index contributed by atoms with van der Waals surface area (Å²) in [4.78, 5) is 14.6. The normalized spacial score (nSPS) is 20.1. The number of carbonyl (C=O) groups is 1. The third-order valence-corrected chi connectivity index (χ3v) is 4.17. The lowest BCUT2D eigenvalue weighted by Crippen LogP contribution is -2.46. The SMILES string of the molecule is CCCN1CCOC(C(=O)Cc2c(Cl)cccc2Cl)C1. The summed E-state index contributed by atoms with van der Waals surface area (Å²) in [5.41, 5.74) is 0.692. The van der Waals surface area contributed by atoms with E-state index in [1.165, 1.54) is 0 Å². The molecular weight excluding hydrogens is 297 g/mol. The van der Waals surface area contributed by atoms with Crippen LogP contribution in [0.25, 0.3) is 0 Å². The second-order valence-corrected chi connectivity index (χ2v) is 5.82. The van der Waals surface area contributed by atoms with Crippen molar-refractivity contribution in [2.75, 3.05) is 26.2 Å². The first-order valence-corrected chi connectivity index (χ1v) is 7.67. The van der Waals surface area contributed by atoms with Crippen molar-refractivity contribution in [3.8, 4) is 0 Å². The monoisotopic (exact) mass is 315 g/mol. The third kappa shape index (κ3) is 3.95. The van der Waals surface area contributed by atoms with E-state index in [-0.39, 0.29) is 18.3 Å². The molecule has 1 fully saturated rings. The molecule has 0 saturated carbocycles. The molecule has 1 aromatic rings. The zero-order chi connectivity index (χ0) is 14.5. The van der Waals surface area contributed by atoms with Crippen LogP contribution in [0.5, 0.6) is 0 Å². The number of nitrogens with zero attached hydrogens (tertiary/aromatic N) is 1. The number of ether oxygens (including phenoxy) is 1. The van der Waals surface area contributed by atoms with Gasteiger partial charge < -0.3 is 4.74 Å². The molecule has 0 radical (unpaired) electrons. The maximum Gasteiger partial charge on any atom is 0.167 e. The van der Waals surface area contributed by atoms with Crippen LogP contribution >= 0.6 is 23.2 Å². The molecule has 1 heterocycles. The first-order chi connectivity index (χ1) is 9.61. The number of carbonyl (C=O) groups excluding carboxylic acids is 1. The van der Waals surface area contributed by atoms with Crippen molar-refractivity contribution in [1.82, 2.24) is 4.90 Å². The minimum atomic E-state index is -0.373. The van der Waals surface area contributed by atoms with Crippen molar-refractivity contribution in [1.29, 1.82) is 0 Å². The van der Waals surface area contributed by atoms with Gasteiger partial charge in [-0.3, -0.25) is 9.69 Å². The number of benzene rings is 1. The van der Waals surface area contributed by atoms with Gasteiger partial charge in [0.25, 0.3) is 0 Å². The van der Waals surface area contributed by atoms with Crippen molar-refractivity contribution in [2.45, 2.75) is 25.9 Å². The molecule has 3 nitrogen and oxygen atoms in total. The Balaban J connectivity index is 2.01. The van der Waals surface area contributed by atoms with E-state index in [0.717, 1.165) is 19.5 Å². The van der Waals surface area contributed by atoms with E-state index in [0.29, 0.717) is 28.8 Å². The van der Waals surface area contributed by atoms with E-state index in [1.54, 1.807) is 18.2 Å². The van der Waals surface area contributed by atoms with Crippen LogP contribution in [0.4, 0.5) is 0 Å². The molecule has 0 N–H and O–H groups in total. The molecule has 20 heavy (non-hydrogen) atoms. The van der Waals surface area contributed by atoms with E-state index >= 15 is 0 Å². The standard InChI is InChI=1S/C15H19Cl2NO2/c1-2-6-18-7-8-20-15(10-18)14(19)9-11-12(16)4-3-5-13(11)17/h3-5,15H,2,6-10H2,1H3. The van der Waals surface area contributed by atoms with Gasteiger partial charge in [0.2, 0.25) is 0 Å². The van der Waals surface area contributed by atoms with Crippen LogP contribution in [0, 0.1) is 0 Å². The van der Waals surface area contributed by atoms with Gasteiger partial charge in [0.05, 0.1) is 6.61 Å². The fourth-order valence-corrected chi connectivity index (χ4v) is 2.94. The first kappa shape index (κ1) is 15.8. The highest BCUT2D eigenvalue weighted by atomic mass is 35.5. The van der Waals surface area contributed by atoms with Crippen LogP contribution < -0.4 is 0 Å². The summed E-state index contributed by atoms with van der Waals surface area (Å²) in [7, 11) is 0. The quantitative estimate of drug-likeness (QED) is 0.835. The molecule has 0 amide bonds. The van der Waals surface area contributed by atoms with Crippen molar-refractivity contribution >= 4 is 29.0 Å². The van der Waals surface area contributed by atoms with E-state index in [4.69, 9.17) is 27.9 Å². The summed E-state index contributed by atoms with van der Waals surface area (Å²) in [5, 5.41) is 1.07. The second kappa shape index (κ2) is 7.41. The number of rotatable bonds is 5. The van der Waals surface area contributed by atoms with E-state index in [1.807, 2.05) is 0 Å². The van der Waals surface area contributed by atoms with Crippen molar-refractivity contribution in [3.05, 3.63) is 33.8 Å². The zero-order valence-electron chi connectivity index (χ0n) is 11.6. The van der Waals surface area contributed by atoms with Crippen LogP contribution in [0.1, 0.15) is 18.9 Å². The van der Waals surface area contributed by atoms with E-state index in [2.05, 4.69) is 11.8 Å². The lowest BCUT2D eigenvalue weighted by atomic mass is 10.0. The minimum Gasteiger partial charge on any atom is -0.368 e. The third-order valence-electron chi connectivity index (χ3n) is 3.46. The summed E-state index contributed by atoms with van der Waals surface area (Å²) in [6.07, 6.45) is 0.933. The van der Waals surface area contributed by atoms with E-state index in [9.17, 15) is 4.79 Å². The molecule has 0 bridgehead atoms. The second-order valence-electron chi connectivity index (χ2n) is 5.00. The van der Waals surface area contributed by atoms with Gasteiger partial charge in [0, 0.05) is 29.6 Å². The molecule has 1 aromatic carbocycles. The number of hydrogen-bond donors (Lipinski definition) is 0. The van der Waals surface area contributed by atoms with E-state index < -0.39 is 0 Å². The predicted octanol–water partition coefficient (Wildman–Crippen LogP) is 3.22. The first-order valence-electron chi connectivity index (χ1n) is 6.91. The van der Waals surface area contributed by atoms with Crippen molar-refractivity contribution in [3.63, 3.8) is 0 Å². The van der Waals surface area contributed by atoms with Crippen molar-refractivity contribution < 1.29 is 9.53 Å². The molecule has 0 aliphatic carbocycles. The summed E-state index contributed by atoms with van der Waals surface area (Å²) in [6.45, 7) is 5.29. The van der Waals surface area contributed by atoms with Crippen LogP contribution in [0.3, 0.4) is 0 Å². The van der Waals surface area contributed by atoms with Crippen LogP contribution in [0.2, 0.25) is 10.0 Å². The Kier molecular flexibility index (Phi) is 5.85. The van der Waals surface area contributed by atoms with Crippen LogP contribution in [-0.2, 0) is 16.0 Å². The fraction of sp³-hybridized carbons (Fsp3) is 0.533. The molecule has 2 rings (SSSR count). The topological polar surface area (TPSA) is 29.5 Å². The van der Waals surface area contributed by atoms with Gasteiger partial charge in [-0.05, 0) is 30.7 Å². The van der Waals surface area contributed by atoms with Gasteiger partial charge in [0.1, 0.15) is 6.10 Å². The summed E-state index contributed by atoms with van der Waals surface area (Å²) >= 11 is 12.2. The van der Waals surface area contributed by atoms with Gasteiger partial charge in [-0.2, -0.15) is 0 Å². The van der Waals surface area contributed by atoms with Crippen LogP contribution in [-0.4, -0.2) is 43.0 Å². The molecule has 110 valence electrons. The lowest BCUT2D eigenvalue weighted by molar-refractivity contribution is -0.135. The fourth-order valence-electron chi connectivity index (χ4n) is 2.41. The summed E-state index contributed by atoms with van der Waals surface area (Å²) in [6, 6.07) is 5.28. The van der Waals surface area contributed by atoms with Gasteiger partial charge in [-0.1, -0.05) is 36.2 Å². The zero-order valence-corrected chi connectivity index (χ0v) is 13.1. The maximum atomic E-state index is 12.4. The molecule has 1 atom stereocenters. The van der Waals surface area contributed by atoms with Crippen LogP contribution in [0.15, 0.2) is 18.2 Å². The Labute approximate surface area is 129 Å². The molecule has 5 heteroatoms. The lowest BCUT2D eigenvalue weighted by Gasteiger charge is -2.32. The molecule has 0 aromatic heterocycles. The molecular formula is C15H19Cl2NO2. The smallest absolute Gasteiger partial charge is 0.167 e. The highest BCUT2D eigenvalue weighted by molar-refractivity contribution is 6.36. The largest absolute Gasteiger partial charge is 0.368 e. The number of hydrogen-bond acceptors (Lipinski definition) is 3. The maximum absolute atomic E-state index is 12.4. The number of Topliss-reactive ketones (excluding diaryl/α,β-unsaturated/α-hetero) is 1. The van der Waals surface area contributed by atoms with Gasteiger partial charge in [-0.15, -0.1) is 0 Å². The average molecular weight is 316 g/mol. The molecule has 0 spiro atoms. The predicted molar refractivity (Wildman–Crippen MR) is 81.6 cm³/mol. The Bertz CT molecular complexity index is 457. The molecule has 1 aliphatic rings.